The monoisotopic (exact) mass is 279 g/mol. The van der Waals surface area contributed by atoms with Crippen LogP contribution in [0.15, 0.2) is 23.4 Å². The average Bonchev–Trinajstić information content (AvgIpc) is 2.41. The van der Waals surface area contributed by atoms with Gasteiger partial charge in [0.05, 0.1) is 11.3 Å². The first-order chi connectivity index (χ1) is 9.45. The molecule has 1 aliphatic heterocycles. The minimum Gasteiger partial charge on any atom is -0.409 e. The van der Waals surface area contributed by atoms with Gasteiger partial charge < -0.3 is 15.8 Å². The predicted octanol–water partition coefficient (Wildman–Crippen LogP) is 2.79. The second kappa shape index (κ2) is 5.69. The molecular formula is C15H22FN3O. The third kappa shape index (κ3) is 2.57. The Morgan fingerprint density at radius 3 is 2.75 bits per heavy atom. The lowest BCUT2D eigenvalue weighted by Gasteiger charge is -2.43. The van der Waals surface area contributed by atoms with Gasteiger partial charge in [-0.1, -0.05) is 25.1 Å². The molecule has 5 heteroatoms. The minimum atomic E-state index is -0.462. The SMILES string of the molecule is CC1CC(C)C(C)N(c2cccc(F)c2/C(N)=N/O)C1. The third-order valence-electron chi connectivity index (χ3n) is 4.26. The van der Waals surface area contributed by atoms with Crippen LogP contribution in [0.4, 0.5) is 10.1 Å². The number of anilines is 1. The second-order valence-corrected chi connectivity index (χ2v) is 5.83. The van der Waals surface area contributed by atoms with Crippen LogP contribution in [-0.2, 0) is 0 Å². The number of oxime groups is 1. The Balaban J connectivity index is 2.49. The molecule has 110 valence electrons. The van der Waals surface area contributed by atoms with E-state index in [0.29, 0.717) is 23.6 Å². The van der Waals surface area contributed by atoms with Crippen LogP contribution in [0.3, 0.4) is 0 Å². The van der Waals surface area contributed by atoms with E-state index in [4.69, 9.17) is 10.9 Å². The fourth-order valence-corrected chi connectivity index (χ4v) is 3.09. The van der Waals surface area contributed by atoms with Crippen molar-refractivity contribution < 1.29 is 9.60 Å². The van der Waals surface area contributed by atoms with Gasteiger partial charge >= 0.3 is 0 Å². The van der Waals surface area contributed by atoms with Crippen molar-refractivity contribution in [3.8, 4) is 0 Å². The van der Waals surface area contributed by atoms with Crippen LogP contribution in [-0.4, -0.2) is 23.6 Å². The molecule has 0 saturated carbocycles. The minimum absolute atomic E-state index is 0.183. The van der Waals surface area contributed by atoms with Crippen LogP contribution in [0, 0.1) is 17.7 Å². The lowest BCUT2D eigenvalue weighted by atomic mass is 9.85. The number of amidine groups is 1. The van der Waals surface area contributed by atoms with Gasteiger partial charge in [0, 0.05) is 12.6 Å². The Bertz CT molecular complexity index is 518. The highest BCUT2D eigenvalue weighted by molar-refractivity contribution is 6.02. The maximum atomic E-state index is 14.1. The van der Waals surface area contributed by atoms with E-state index < -0.39 is 5.82 Å². The van der Waals surface area contributed by atoms with Gasteiger partial charge in [-0.3, -0.25) is 0 Å². The standard InChI is InChI=1S/C15H22FN3O/c1-9-7-10(2)11(3)19(8-9)13-6-4-5-12(16)14(13)15(17)18-20/h4-6,9-11,20H,7-8H2,1-3H3,(H2,17,18). The first kappa shape index (κ1) is 14.6. The Labute approximate surface area is 119 Å². The van der Waals surface area contributed by atoms with Gasteiger partial charge in [-0.25, -0.2) is 4.39 Å². The van der Waals surface area contributed by atoms with Crippen LogP contribution < -0.4 is 10.6 Å². The first-order valence-corrected chi connectivity index (χ1v) is 6.98. The Kier molecular flexibility index (Phi) is 4.16. The summed E-state index contributed by atoms with van der Waals surface area (Å²) in [5.41, 5.74) is 6.53. The van der Waals surface area contributed by atoms with Crippen molar-refractivity contribution >= 4 is 11.5 Å². The largest absolute Gasteiger partial charge is 0.409 e. The van der Waals surface area contributed by atoms with E-state index in [2.05, 4.69) is 30.8 Å². The molecule has 1 saturated heterocycles. The van der Waals surface area contributed by atoms with Crippen molar-refractivity contribution in [1.29, 1.82) is 0 Å². The zero-order valence-corrected chi connectivity index (χ0v) is 12.2. The Morgan fingerprint density at radius 2 is 2.10 bits per heavy atom. The molecular weight excluding hydrogens is 257 g/mol. The number of hydrogen-bond donors (Lipinski definition) is 2. The Morgan fingerprint density at radius 1 is 1.40 bits per heavy atom. The molecule has 3 N–H and O–H groups in total. The topological polar surface area (TPSA) is 61.8 Å². The summed E-state index contributed by atoms with van der Waals surface area (Å²) in [5.74, 6) is 0.402. The van der Waals surface area contributed by atoms with Gasteiger partial charge in [-0.05, 0) is 37.3 Å². The molecule has 1 aliphatic rings. The number of nitrogens with two attached hydrogens (primary N) is 1. The van der Waals surface area contributed by atoms with Crippen molar-refractivity contribution in [2.24, 2.45) is 22.7 Å². The lowest BCUT2D eigenvalue weighted by molar-refractivity contribution is 0.296. The molecule has 3 atom stereocenters. The molecule has 0 radical (unpaired) electrons. The Hall–Kier alpha value is -1.78. The molecule has 0 amide bonds. The van der Waals surface area contributed by atoms with Gasteiger partial charge in [-0.2, -0.15) is 0 Å². The molecule has 1 aromatic rings. The third-order valence-corrected chi connectivity index (χ3v) is 4.26. The van der Waals surface area contributed by atoms with Crippen LogP contribution in [0.5, 0.6) is 0 Å². The summed E-state index contributed by atoms with van der Waals surface area (Å²) in [6, 6.07) is 5.11. The molecule has 1 heterocycles. The van der Waals surface area contributed by atoms with Gasteiger partial charge in [0.25, 0.3) is 0 Å². The number of halogens is 1. The lowest BCUT2D eigenvalue weighted by Crippen LogP contribution is -2.46. The molecule has 2 rings (SSSR count). The molecule has 0 bridgehead atoms. The van der Waals surface area contributed by atoms with E-state index >= 15 is 0 Å². The van der Waals surface area contributed by atoms with Crippen LogP contribution >= 0.6 is 0 Å². The van der Waals surface area contributed by atoms with Gasteiger partial charge in [0.2, 0.25) is 0 Å². The number of rotatable bonds is 2. The highest BCUT2D eigenvalue weighted by Crippen LogP contribution is 2.33. The van der Waals surface area contributed by atoms with Crippen molar-refractivity contribution in [3.05, 3.63) is 29.6 Å². The average molecular weight is 279 g/mol. The highest BCUT2D eigenvalue weighted by atomic mass is 19.1. The van der Waals surface area contributed by atoms with Crippen molar-refractivity contribution in [3.63, 3.8) is 0 Å². The smallest absolute Gasteiger partial charge is 0.175 e. The normalized spacial score (nSPS) is 27.7. The summed E-state index contributed by atoms with van der Waals surface area (Å²) in [7, 11) is 0. The molecule has 20 heavy (non-hydrogen) atoms. The van der Waals surface area contributed by atoms with E-state index in [-0.39, 0.29) is 11.4 Å². The number of hydrogen-bond acceptors (Lipinski definition) is 3. The molecule has 1 aromatic carbocycles. The molecule has 0 spiro atoms. The summed E-state index contributed by atoms with van der Waals surface area (Å²) in [6.07, 6.45) is 1.16. The summed E-state index contributed by atoms with van der Waals surface area (Å²) < 4.78 is 14.1. The molecule has 3 unspecified atom stereocenters. The summed E-state index contributed by atoms with van der Waals surface area (Å²) in [6.45, 7) is 7.38. The number of piperidine rings is 1. The quantitative estimate of drug-likeness (QED) is 0.379. The maximum Gasteiger partial charge on any atom is 0.175 e. The molecule has 1 fully saturated rings. The van der Waals surface area contributed by atoms with Crippen molar-refractivity contribution in [1.82, 2.24) is 0 Å². The molecule has 0 aliphatic carbocycles. The van der Waals surface area contributed by atoms with E-state index in [1.807, 2.05) is 6.07 Å². The zero-order chi connectivity index (χ0) is 14.9. The van der Waals surface area contributed by atoms with Crippen molar-refractivity contribution in [2.45, 2.75) is 33.2 Å². The predicted molar refractivity (Wildman–Crippen MR) is 78.7 cm³/mol. The van der Waals surface area contributed by atoms with Crippen LogP contribution in [0.2, 0.25) is 0 Å². The van der Waals surface area contributed by atoms with E-state index in [1.165, 1.54) is 6.07 Å². The molecule has 4 nitrogen and oxygen atoms in total. The highest BCUT2D eigenvalue weighted by Gasteiger charge is 2.31. The van der Waals surface area contributed by atoms with E-state index in [0.717, 1.165) is 13.0 Å². The maximum absolute atomic E-state index is 14.1. The second-order valence-electron chi connectivity index (χ2n) is 5.83. The fraction of sp³-hybridized carbons (Fsp3) is 0.533. The summed E-state index contributed by atoms with van der Waals surface area (Å²) in [4.78, 5) is 2.16. The summed E-state index contributed by atoms with van der Waals surface area (Å²) >= 11 is 0. The van der Waals surface area contributed by atoms with Crippen LogP contribution in [0.25, 0.3) is 0 Å². The summed E-state index contributed by atoms with van der Waals surface area (Å²) in [5, 5.41) is 11.8. The number of nitrogens with zero attached hydrogens (tertiary/aromatic N) is 2. The van der Waals surface area contributed by atoms with Gasteiger partial charge in [-0.15, -0.1) is 0 Å². The van der Waals surface area contributed by atoms with Crippen molar-refractivity contribution in [2.75, 3.05) is 11.4 Å². The van der Waals surface area contributed by atoms with E-state index in [1.54, 1.807) is 6.07 Å². The van der Waals surface area contributed by atoms with Crippen LogP contribution in [0.1, 0.15) is 32.8 Å². The molecule has 0 aromatic heterocycles. The number of benzene rings is 1. The van der Waals surface area contributed by atoms with Gasteiger partial charge in [0.1, 0.15) is 5.82 Å². The first-order valence-electron chi connectivity index (χ1n) is 6.98. The zero-order valence-electron chi connectivity index (χ0n) is 12.2. The fourth-order valence-electron chi connectivity index (χ4n) is 3.09. The van der Waals surface area contributed by atoms with E-state index in [9.17, 15) is 4.39 Å². The van der Waals surface area contributed by atoms with Gasteiger partial charge in [0.15, 0.2) is 5.84 Å².